The third-order valence-corrected chi connectivity index (χ3v) is 4.21. The molecule has 0 heterocycles. The number of hydrogen-bond donors (Lipinski definition) is 1. The van der Waals surface area contributed by atoms with Gasteiger partial charge in [-0.3, -0.25) is 4.79 Å². The Kier molecular flexibility index (Phi) is 5.16. The lowest BCUT2D eigenvalue weighted by Gasteiger charge is -2.40. The van der Waals surface area contributed by atoms with E-state index < -0.39 is 51.9 Å². The van der Waals surface area contributed by atoms with Crippen molar-refractivity contribution in [3.8, 4) is 0 Å². The first kappa shape index (κ1) is 19.3. The third-order valence-electron chi connectivity index (χ3n) is 4.21. The SMILES string of the molecule is CC1CCCC(NC(=O)OC(C)(C)C)(c2c(F)cc(F)cc2F)C1=O. The summed E-state index contributed by atoms with van der Waals surface area (Å²) in [5, 5.41) is 2.37. The number of ketones is 1. The molecular weight excluding hydrogens is 335 g/mol. The van der Waals surface area contributed by atoms with Crippen LogP contribution in [0.4, 0.5) is 18.0 Å². The molecule has 1 saturated carbocycles. The number of Topliss-reactive ketones (excluding diaryl/α,β-unsaturated/α-hetero) is 1. The van der Waals surface area contributed by atoms with Gasteiger partial charge in [-0.05, 0) is 40.0 Å². The topological polar surface area (TPSA) is 55.4 Å². The molecule has 1 fully saturated rings. The van der Waals surface area contributed by atoms with Crippen LogP contribution in [-0.2, 0) is 15.1 Å². The van der Waals surface area contributed by atoms with Crippen molar-refractivity contribution in [2.24, 2.45) is 5.92 Å². The second-order valence-electron chi connectivity index (χ2n) is 7.43. The number of nitrogens with one attached hydrogen (secondary N) is 1. The predicted octanol–water partition coefficient (Wildman–Crippen LogP) is 4.21. The van der Waals surface area contributed by atoms with Gasteiger partial charge >= 0.3 is 6.09 Å². The van der Waals surface area contributed by atoms with Crippen molar-refractivity contribution >= 4 is 11.9 Å². The first-order valence-electron chi connectivity index (χ1n) is 8.17. The summed E-state index contributed by atoms with van der Waals surface area (Å²) in [5.74, 6) is -4.55. The molecule has 4 nitrogen and oxygen atoms in total. The fourth-order valence-corrected chi connectivity index (χ4v) is 3.21. The van der Waals surface area contributed by atoms with Gasteiger partial charge in [0.25, 0.3) is 0 Å². The van der Waals surface area contributed by atoms with Gasteiger partial charge in [0.1, 0.15) is 28.6 Å². The first-order chi connectivity index (χ1) is 11.5. The van der Waals surface area contributed by atoms with E-state index in [0.29, 0.717) is 25.0 Å². The van der Waals surface area contributed by atoms with Crippen molar-refractivity contribution in [2.75, 3.05) is 0 Å². The molecule has 0 aromatic heterocycles. The largest absolute Gasteiger partial charge is 0.444 e. The molecule has 1 aromatic carbocycles. The predicted molar refractivity (Wildman–Crippen MR) is 85.4 cm³/mol. The summed E-state index contributed by atoms with van der Waals surface area (Å²) in [4.78, 5) is 25.1. The molecule has 0 aliphatic heterocycles. The smallest absolute Gasteiger partial charge is 0.408 e. The molecule has 0 radical (unpaired) electrons. The van der Waals surface area contributed by atoms with E-state index in [9.17, 15) is 22.8 Å². The van der Waals surface area contributed by atoms with Crippen LogP contribution in [-0.4, -0.2) is 17.5 Å². The van der Waals surface area contributed by atoms with Crippen molar-refractivity contribution in [1.29, 1.82) is 0 Å². The molecule has 0 bridgehead atoms. The lowest BCUT2D eigenvalue weighted by Crippen LogP contribution is -2.57. The fraction of sp³-hybridized carbons (Fsp3) is 0.556. The van der Waals surface area contributed by atoms with E-state index in [1.165, 1.54) is 0 Å². The van der Waals surface area contributed by atoms with E-state index in [1.54, 1.807) is 27.7 Å². The number of alkyl carbamates (subject to hydrolysis) is 1. The van der Waals surface area contributed by atoms with Gasteiger partial charge in [-0.1, -0.05) is 6.92 Å². The minimum Gasteiger partial charge on any atom is -0.444 e. The first-order valence-corrected chi connectivity index (χ1v) is 8.17. The third kappa shape index (κ3) is 3.96. The van der Waals surface area contributed by atoms with E-state index in [4.69, 9.17) is 4.74 Å². The molecule has 1 N–H and O–H groups in total. The molecule has 0 saturated heterocycles. The van der Waals surface area contributed by atoms with E-state index >= 15 is 0 Å². The maximum Gasteiger partial charge on any atom is 0.408 e. The van der Waals surface area contributed by atoms with Gasteiger partial charge < -0.3 is 10.1 Å². The summed E-state index contributed by atoms with van der Waals surface area (Å²) >= 11 is 0. The minimum atomic E-state index is -1.91. The van der Waals surface area contributed by atoms with Crippen LogP contribution in [0, 0.1) is 23.4 Å². The van der Waals surface area contributed by atoms with Crippen LogP contribution >= 0.6 is 0 Å². The van der Waals surface area contributed by atoms with Gasteiger partial charge in [-0.2, -0.15) is 0 Å². The molecule has 138 valence electrons. The van der Waals surface area contributed by atoms with Crippen LogP contribution in [0.5, 0.6) is 0 Å². The Morgan fingerprint density at radius 1 is 1.24 bits per heavy atom. The number of benzene rings is 1. The minimum absolute atomic E-state index is 0.00882. The fourth-order valence-electron chi connectivity index (χ4n) is 3.21. The molecular formula is C18H22F3NO3. The molecule has 2 rings (SSSR count). The summed E-state index contributed by atoms with van der Waals surface area (Å²) in [5.41, 5.74) is -3.41. The Hall–Kier alpha value is -2.05. The van der Waals surface area contributed by atoms with Gasteiger partial charge in [0.2, 0.25) is 0 Å². The van der Waals surface area contributed by atoms with Gasteiger partial charge in [-0.25, -0.2) is 18.0 Å². The van der Waals surface area contributed by atoms with Gasteiger partial charge in [-0.15, -0.1) is 0 Å². The highest BCUT2D eigenvalue weighted by Crippen LogP contribution is 2.40. The summed E-state index contributed by atoms with van der Waals surface area (Å²) in [7, 11) is 0. The van der Waals surface area contributed by atoms with E-state index in [-0.39, 0.29) is 6.42 Å². The lowest BCUT2D eigenvalue weighted by molar-refractivity contribution is -0.132. The van der Waals surface area contributed by atoms with Crippen molar-refractivity contribution < 1.29 is 27.5 Å². The monoisotopic (exact) mass is 357 g/mol. The van der Waals surface area contributed by atoms with Crippen molar-refractivity contribution in [3.63, 3.8) is 0 Å². The average Bonchev–Trinajstić information content (AvgIpc) is 2.41. The molecule has 2 atom stereocenters. The van der Waals surface area contributed by atoms with Gasteiger partial charge in [0, 0.05) is 18.1 Å². The van der Waals surface area contributed by atoms with Crippen LogP contribution in [0.15, 0.2) is 12.1 Å². The van der Waals surface area contributed by atoms with Crippen molar-refractivity contribution in [1.82, 2.24) is 5.32 Å². The van der Waals surface area contributed by atoms with Crippen LogP contribution in [0.2, 0.25) is 0 Å². The second-order valence-corrected chi connectivity index (χ2v) is 7.43. The maximum atomic E-state index is 14.4. The van der Waals surface area contributed by atoms with Gasteiger partial charge in [0.05, 0.1) is 5.56 Å². The van der Waals surface area contributed by atoms with E-state index in [0.717, 1.165) is 0 Å². The van der Waals surface area contributed by atoms with E-state index in [1.807, 2.05) is 0 Å². The number of halogens is 3. The average molecular weight is 357 g/mol. The second kappa shape index (κ2) is 6.69. The zero-order chi connectivity index (χ0) is 19.0. The zero-order valence-electron chi connectivity index (χ0n) is 14.7. The van der Waals surface area contributed by atoms with Crippen molar-refractivity contribution in [2.45, 2.75) is 58.1 Å². The highest BCUT2D eigenvalue weighted by Gasteiger charge is 2.49. The Labute approximate surface area is 144 Å². The number of carbonyl (C=O) groups excluding carboxylic acids is 2. The van der Waals surface area contributed by atoms with Crippen molar-refractivity contribution in [3.05, 3.63) is 35.1 Å². The summed E-state index contributed by atoms with van der Waals surface area (Å²) in [6.07, 6.45) is 0.0626. The van der Waals surface area contributed by atoms with Crippen LogP contribution in [0.1, 0.15) is 52.5 Å². The highest BCUT2D eigenvalue weighted by molar-refractivity contribution is 5.95. The molecule has 2 unspecified atom stereocenters. The lowest BCUT2D eigenvalue weighted by atomic mass is 9.71. The summed E-state index contributed by atoms with van der Waals surface area (Å²) in [6, 6.07) is 1.01. The number of hydrogen-bond acceptors (Lipinski definition) is 3. The Morgan fingerprint density at radius 2 is 1.80 bits per heavy atom. The zero-order valence-corrected chi connectivity index (χ0v) is 14.7. The molecule has 0 spiro atoms. The normalized spacial score (nSPS) is 24.1. The number of rotatable bonds is 2. The van der Waals surface area contributed by atoms with Crippen LogP contribution < -0.4 is 5.32 Å². The number of ether oxygens (including phenoxy) is 1. The Bertz CT molecular complexity index is 676. The van der Waals surface area contributed by atoms with Crippen LogP contribution in [0.25, 0.3) is 0 Å². The standard InChI is InChI=1S/C18H22F3NO3/c1-10-6-5-7-18(15(10)23,22-16(24)25-17(2,3)4)14-12(20)8-11(19)9-13(14)21/h8-10H,5-7H2,1-4H3,(H,22,24). The summed E-state index contributed by atoms with van der Waals surface area (Å²) in [6.45, 7) is 6.52. The number of carbonyl (C=O) groups is 2. The van der Waals surface area contributed by atoms with Gasteiger partial charge in [0.15, 0.2) is 5.78 Å². The van der Waals surface area contributed by atoms with E-state index in [2.05, 4.69) is 5.32 Å². The highest BCUT2D eigenvalue weighted by atomic mass is 19.1. The summed E-state index contributed by atoms with van der Waals surface area (Å²) < 4.78 is 47.2. The van der Waals surface area contributed by atoms with Crippen LogP contribution in [0.3, 0.4) is 0 Å². The number of amides is 1. The molecule has 1 aromatic rings. The molecule has 1 aliphatic carbocycles. The Balaban J connectivity index is 2.55. The quantitative estimate of drug-likeness (QED) is 0.862. The Morgan fingerprint density at radius 3 is 2.32 bits per heavy atom. The molecule has 25 heavy (non-hydrogen) atoms. The maximum absolute atomic E-state index is 14.4. The molecule has 1 aliphatic rings. The molecule has 7 heteroatoms. The molecule has 1 amide bonds.